The molecule has 32 heavy (non-hydrogen) atoms. The molecule has 0 aromatic heterocycles. The van der Waals surface area contributed by atoms with Crippen molar-refractivity contribution in [3.63, 3.8) is 0 Å². The lowest BCUT2D eigenvalue weighted by Gasteiger charge is -2.18. The topological polar surface area (TPSA) is 87.7 Å². The van der Waals surface area contributed by atoms with Crippen LogP contribution in [0, 0.1) is 0 Å². The fourth-order valence-corrected chi connectivity index (χ4v) is 4.57. The lowest BCUT2D eigenvalue weighted by molar-refractivity contribution is -0.114. The summed E-state index contributed by atoms with van der Waals surface area (Å²) in [5, 5.41) is 5.85. The Morgan fingerprint density at radius 2 is 1.50 bits per heavy atom. The molecular formula is C24H27N3O4S. The lowest BCUT2D eigenvalue weighted by Crippen LogP contribution is -2.30. The summed E-state index contributed by atoms with van der Waals surface area (Å²) in [5.74, 6) is 0.957. The van der Waals surface area contributed by atoms with Crippen LogP contribution in [0.2, 0.25) is 0 Å². The van der Waals surface area contributed by atoms with E-state index in [0.29, 0.717) is 36.0 Å². The van der Waals surface area contributed by atoms with Gasteiger partial charge in [0.15, 0.2) is 5.75 Å². The average Bonchev–Trinajstić information content (AvgIpc) is 2.80. The predicted octanol–water partition coefficient (Wildman–Crippen LogP) is 4.56. The van der Waals surface area contributed by atoms with Gasteiger partial charge in [-0.1, -0.05) is 44.2 Å². The van der Waals surface area contributed by atoms with Crippen molar-refractivity contribution in [1.82, 2.24) is 4.31 Å². The molecule has 1 amide bonds. The highest BCUT2D eigenvalue weighted by Gasteiger charge is 2.21. The maximum atomic E-state index is 12.6. The second-order valence-electron chi connectivity index (χ2n) is 6.93. The van der Waals surface area contributed by atoms with E-state index in [1.807, 2.05) is 42.5 Å². The predicted molar refractivity (Wildman–Crippen MR) is 127 cm³/mol. The minimum absolute atomic E-state index is 0.0157. The summed E-state index contributed by atoms with van der Waals surface area (Å²) in [6.45, 7) is 4.45. The van der Waals surface area contributed by atoms with Crippen LogP contribution in [0.4, 0.5) is 11.4 Å². The largest absolute Gasteiger partial charge is 0.455 e. The third-order valence-electron chi connectivity index (χ3n) is 4.78. The summed E-state index contributed by atoms with van der Waals surface area (Å²) in [5.41, 5.74) is 1.20. The van der Waals surface area contributed by atoms with Crippen molar-refractivity contribution in [2.45, 2.75) is 18.7 Å². The van der Waals surface area contributed by atoms with E-state index in [1.165, 1.54) is 16.4 Å². The number of anilines is 2. The number of hydrogen-bond donors (Lipinski definition) is 2. The molecule has 3 aromatic carbocycles. The molecule has 0 aliphatic carbocycles. The summed E-state index contributed by atoms with van der Waals surface area (Å²) in [6, 6.07) is 22.9. The third kappa shape index (κ3) is 5.87. The first-order chi connectivity index (χ1) is 15.4. The molecule has 3 aromatic rings. The van der Waals surface area contributed by atoms with Gasteiger partial charge in [-0.05, 0) is 48.5 Å². The van der Waals surface area contributed by atoms with E-state index in [-0.39, 0.29) is 17.3 Å². The zero-order valence-corrected chi connectivity index (χ0v) is 18.9. The van der Waals surface area contributed by atoms with E-state index in [2.05, 4.69) is 10.6 Å². The van der Waals surface area contributed by atoms with E-state index in [9.17, 15) is 13.2 Å². The fraction of sp³-hybridized carbons (Fsp3) is 0.208. The first kappa shape index (κ1) is 23.3. The second kappa shape index (κ2) is 10.8. The molecule has 0 saturated carbocycles. The Balaban J connectivity index is 1.60. The van der Waals surface area contributed by atoms with Crippen molar-refractivity contribution >= 4 is 27.3 Å². The molecule has 0 bridgehead atoms. The van der Waals surface area contributed by atoms with Crippen molar-refractivity contribution in [2.24, 2.45) is 0 Å². The highest BCUT2D eigenvalue weighted by atomic mass is 32.2. The molecule has 0 atom stereocenters. The number of para-hydroxylation sites is 3. The first-order valence-electron chi connectivity index (χ1n) is 10.4. The quantitative estimate of drug-likeness (QED) is 0.470. The first-order valence-corrected chi connectivity index (χ1v) is 11.8. The lowest BCUT2D eigenvalue weighted by atomic mass is 10.2. The number of amides is 1. The number of sulfonamides is 1. The van der Waals surface area contributed by atoms with Crippen LogP contribution >= 0.6 is 0 Å². The summed E-state index contributed by atoms with van der Waals surface area (Å²) in [4.78, 5) is 12.7. The number of rotatable bonds is 10. The molecule has 7 nitrogen and oxygen atoms in total. The third-order valence-corrected chi connectivity index (χ3v) is 6.85. The maximum absolute atomic E-state index is 12.6. The fourth-order valence-electron chi connectivity index (χ4n) is 3.11. The number of ether oxygens (including phenoxy) is 1. The molecular weight excluding hydrogens is 426 g/mol. The highest BCUT2D eigenvalue weighted by molar-refractivity contribution is 7.89. The van der Waals surface area contributed by atoms with Crippen LogP contribution in [0.5, 0.6) is 11.5 Å². The van der Waals surface area contributed by atoms with Crippen LogP contribution in [0.15, 0.2) is 83.8 Å². The summed E-state index contributed by atoms with van der Waals surface area (Å²) in [6.07, 6.45) is 0. The number of nitrogens with one attached hydrogen (secondary N) is 2. The van der Waals surface area contributed by atoms with E-state index < -0.39 is 10.0 Å². The zero-order valence-electron chi connectivity index (χ0n) is 18.1. The van der Waals surface area contributed by atoms with Crippen molar-refractivity contribution in [2.75, 3.05) is 30.3 Å². The highest BCUT2D eigenvalue weighted by Crippen LogP contribution is 2.29. The number of nitrogens with zero attached hydrogens (tertiary/aromatic N) is 1. The monoisotopic (exact) mass is 453 g/mol. The van der Waals surface area contributed by atoms with E-state index in [4.69, 9.17) is 4.74 Å². The van der Waals surface area contributed by atoms with Crippen LogP contribution in [0.3, 0.4) is 0 Å². The van der Waals surface area contributed by atoms with Crippen molar-refractivity contribution in [3.05, 3.63) is 78.9 Å². The molecule has 0 aliphatic heterocycles. The maximum Gasteiger partial charge on any atom is 0.243 e. The summed E-state index contributed by atoms with van der Waals surface area (Å²) >= 11 is 0. The van der Waals surface area contributed by atoms with Gasteiger partial charge in [-0.2, -0.15) is 4.31 Å². The Morgan fingerprint density at radius 3 is 2.16 bits per heavy atom. The van der Waals surface area contributed by atoms with Crippen LogP contribution in [0.25, 0.3) is 0 Å². The molecule has 0 fully saturated rings. The Labute approximate surface area is 189 Å². The Kier molecular flexibility index (Phi) is 7.86. The number of carbonyl (C=O) groups excluding carboxylic acids is 1. The molecule has 0 heterocycles. The van der Waals surface area contributed by atoms with Crippen LogP contribution in [0.1, 0.15) is 13.8 Å². The van der Waals surface area contributed by atoms with Gasteiger partial charge in [-0.25, -0.2) is 8.42 Å². The molecule has 2 N–H and O–H groups in total. The molecule has 0 unspecified atom stereocenters. The van der Waals surface area contributed by atoms with Gasteiger partial charge in [-0.3, -0.25) is 4.79 Å². The van der Waals surface area contributed by atoms with Gasteiger partial charge in [0.1, 0.15) is 5.75 Å². The Hall–Kier alpha value is -3.36. The second-order valence-corrected chi connectivity index (χ2v) is 8.86. The number of benzene rings is 3. The molecule has 0 saturated heterocycles. The van der Waals surface area contributed by atoms with Gasteiger partial charge in [0.05, 0.1) is 17.1 Å². The van der Waals surface area contributed by atoms with Crippen molar-refractivity contribution < 1.29 is 17.9 Å². The van der Waals surface area contributed by atoms with Crippen LogP contribution < -0.4 is 15.4 Å². The molecule has 3 rings (SSSR count). The van der Waals surface area contributed by atoms with Gasteiger partial charge in [0.25, 0.3) is 0 Å². The zero-order chi connectivity index (χ0) is 23.0. The SMILES string of the molecule is CCN(CC)S(=O)(=O)c1ccc(NCC(=O)Nc2ccccc2Oc2ccccc2)cc1. The number of hydrogen-bond acceptors (Lipinski definition) is 5. The Morgan fingerprint density at radius 1 is 0.875 bits per heavy atom. The van der Waals surface area contributed by atoms with Crippen LogP contribution in [-0.4, -0.2) is 38.3 Å². The normalized spacial score (nSPS) is 11.2. The van der Waals surface area contributed by atoms with Gasteiger partial charge in [-0.15, -0.1) is 0 Å². The van der Waals surface area contributed by atoms with Gasteiger partial charge in [0.2, 0.25) is 15.9 Å². The average molecular weight is 454 g/mol. The van der Waals surface area contributed by atoms with Gasteiger partial charge < -0.3 is 15.4 Å². The molecule has 8 heteroatoms. The smallest absolute Gasteiger partial charge is 0.243 e. The van der Waals surface area contributed by atoms with Gasteiger partial charge in [0, 0.05) is 18.8 Å². The molecule has 0 radical (unpaired) electrons. The summed E-state index contributed by atoms with van der Waals surface area (Å²) < 4.78 is 32.4. The van der Waals surface area contributed by atoms with E-state index in [0.717, 1.165) is 0 Å². The molecule has 0 spiro atoms. The van der Waals surface area contributed by atoms with Crippen molar-refractivity contribution in [3.8, 4) is 11.5 Å². The van der Waals surface area contributed by atoms with Crippen LogP contribution in [-0.2, 0) is 14.8 Å². The van der Waals surface area contributed by atoms with Crippen molar-refractivity contribution in [1.29, 1.82) is 0 Å². The van der Waals surface area contributed by atoms with E-state index in [1.54, 1.807) is 38.1 Å². The molecule has 168 valence electrons. The minimum atomic E-state index is -3.51. The van der Waals surface area contributed by atoms with E-state index >= 15 is 0 Å². The standard InChI is InChI=1S/C24H27N3O4S/c1-3-27(4-2)32(29,30)21-16-14-19(15-17-21)25-18-24(28)26-22-12-8-9-13-23(22)31-20-10-6-5-7-11-20/h5-17,25H,3-4,18H2,1-2H3,(H,26,28). The minimum Gasteiger partial charge on any atom is -0.455 e. The Bertz CT molecular complexity index is 1130. The molecule has 0 aliphatic rings. The number of carbonyl (C=O) groups is 1. The summed E-state index contributed by atoms with van der Waals surface area (Å²) in [7, 11) is -3.51. The van der Waals surface area contributed by atoms with Gasteiger partial charge >= 0.3 is 0 Å².